The number of hydrogen-bond donors (Lipinski definition) is 3. The Morgan fingerprint density at radius 2 is 0.849 bits per heavy atom. The Kier molecular flexibility index (Phi) is 43.6. The summed E-state index contributed by atoms with van der Waals surface area (Å²) in [6, 6.07) is 0. The zero-order valence-corrected chi connectivity index (χ0v) is 44.8. The molecule has 0 radical (unpaired) electrons. The number of carboxylic acids is 1. The minimum atomic E-state index is -1.93. The van der Waals surface area contributed by atoms with Gasteiger partial charge in [-0.05, 0) is 70.6 Å². The van der Waals surface area contributed by atoms with Crippen molar-refractivity contribution in [1.82, 2.24) is 0 Å². The first kappa shape index (κ1) is 66.1. The molecule has 0 bridgehead atoms. The van der Waals surface area contributed by atoms with Crippen LogP contribution >= 0.6 is 0 Å². The molecule has 1 heterocycles. The first-order chi connectivity index (χ1) is 35.6. The van der Waals surface area contributed by atoms with Gasteiger partial charge in [0.2, 0.25) is 0 Å². The van der Waals surface area contributed by atoms with Crippen LogP contribution < -0.4 is 0 Å². The number of esters is 3. The Balaban J connectivity index is 2.84. The van der Waals surface area contributed by atoms with Crippen molar-refractivity contribution in [2.45, 2.75) is 225 Å². The van der Waals surface area contributed by atoms with Crippen LogP contribution in [-0.4, -0.2) is 89.2 Å². The molecule has 73 heavy (non-hydrogen) atoms. The second-order valence-corrected chi connectivity index (χ2v) is 18.1. The summed E-state index contributed by atoms with van der Waals surface area (Å²) in [6.07, 6.45) is 53.8. The molecule has 1 fully saturated rings. The van der Waals surface area contributed by atoms with E-state index in [0.717, 1.165) is 77.0 Å². The number of carbonyl (C=O) groups is 4. The van der Waals surface area contributed by atoms with Gasteiger partial charge in [-0.15, -0.1) is 0 Å². The van der Waals surface area contributed by atoms with Crippen LogP contribution in [0.2, 0.25) is 0 Å². The molecule has 1 aliphatic heterocycles. The molecule has 1 rings (SSSR count). The highest BCUT2D eigenvalue weighted by molar-refractivity contribution is 5.74. The molecule has 0 aliphatic carbocycles. The molecule has 0 amide bonds. The zero-order chi connectivity index (χ0) is 53.3. The first-order valence-corrected chi connectivity index (χ1v) is 27.5. The van der Waals surface area contributed by atoms with Gasteiger partial charge >= 0.3 is 23.9 Å². The first-order valence-electron chi connectivity index (χ1n) is 27.5. The highest BCUT2D eigenvalue weighted by Gasteiger charge is 2.50. The van der Waals surface area contributed by atoms with Crippen molar-refractivity contribution in [3.8, 4) is 0 Å². The lowest BCUT2D eigenvalue weighted by atomic mass is 9.98. The summed E-state index contributed by atoms with van der Waals surface area (Å²) in [5.41, 5.74) is 0. The van der Waals surface area contributed by atoms with E-state index in [1.165, 1.54) is 51.4 Å². The van der Waals surface area contributed by atoms with Crippen LogP contribution in [0.3, 0.4) is 0 Å². The molecular formula is C61H94O12. The molecule has 1 aliphatic rings. The summed E-state index contributed by atoms with van der Waals surface area (Å²) in [4.78, 5) is 50.8. The number of carbonyl (C=O) groups excluding carboxylic acids is 3. The summed E-state index contributed by atoms with van der Waals surface area (Å²) in [5.74, 6) is -3.47. The Morgan fingerprint density at radius 3 is 1.26 bits per heavy atom. The van der Waals surface area contributed by atoms with Crippen LogP contribution in [-0.2, 0) is 42.9 Å². The number of carboxylic acid groups (broad SMARTS) is 1. The van der Waals surface area contributed by atoms with Crippen molar-refractivity contribution in [2.24, 2.45) is 0 Å². The van der Waals surface area contributed by atoms with E-state index < -0.39 is 73.9 Å². The van der Waals surface area contributed by atoms with E-state index in [4.69, 9.17) is 23.7 Å². The SMILES string of the molecule is CC/C=C\C/C=C\C/C=C\C/C=C\C/C=C\CC(=O)OCC(COC1OC(C(=O)O)C(O)C(O)C1OC(=O)CCCCCCCCCCCCCCC)OC(=O)C/C=C\C/C=C\C/C=C\C/C=C\C/C=C\CC. The number of unbranched alkanes of at least 4 members (excludes halogenated alkanes) is 12. The number of aliphatic carboxylic acids is 1. The van der Waals surface area contributed by atoms with Gasteiger partial charge in [-0.25, -0.2) is 4.79 Å². The van der Waals surface area contributed by atoms with Crippen molar-refractivity contribution in [2.75, 3.05) is 13.2 Å². The van der Waals surface area contributed by atoms with Gasteiger partial charge in [0.15, 0.2) is 24.6 Å². The Morgan fingerprint density at radius 1 is 0.466 bits per heavy atom. The lowest BCUT2D eigenvalue weighted by Crippen LogP contribution is -2.61. The third-order valence-corrected chi connectivity index (χ3v) is 11.6. The normalized spacial score (nSPS) is 19.3. The van der Waals surface area contributed by atoms with Crippen LogP contribution in [0.25, 0.3) is 0 Å². The molecule has 6 atom stereocenters. The standard InChI is InChI=1S/C61H94O12/c1-4-7-10-13-16-19-22-25-27-30-32-35-38-41-44-47-53(62)69-50-52(71-54(63)48-45-42-39-36-34-31-28-26-23-20-17-14-11-8-5-2)51-70-61-59(57(66)56(65)58(73-61)60(67)68)72-55(64)49-46-43-40-37-33-29-24-21-18-15-12-9-6-3/h7-8,10-11,16-17,19-20,25-28,32,34-36,41-42,44-45,52,56-59,61,65-66H,4-6,9,12-15,18,21-24,29-31,33,37-40,43,46-51H2,1-3H3,(H,67,68)/b10-7-,11-8-,19-16-,20-17-,27-25-,28-26-,35-32-,36-34-,44-41-,45-42-. The third-order valence-electron chi connectivity index (χ3n) is 11.6. The molecule has 1 saturated heterocycles. The molecular weight excluding hydrogens is 925 g/mol. The van der Waals surface area contributed by atoms with Gasteiger partial charge in [0.1, 0.15) is 18.8 Å². The van der Waals surface area contributed by atoms with Crippen LogP contribution in [0.4, 0.5) is 0 Å². The van der Waals surface area contributed by atoms with Gasteiger partial charge in [-0.3, -0.25) is 14.4 Å². The molecule has 12 heteroatoms. The molecule has 410 valence electrons. The Labute approximate surface area is 439 Å². The van der Waals surface area contributed by atoms with Crippen molar-refractivity contribution in [3.05, 3.63) is 122 Å². The van der Waals surface area contributed by atoms with E-state index in [1.54, 1.807) is 12.2 Å². The maximum absolute atomic E-state index is 13.0. The van der Waals surface area contributed by atoms with Crippen LogP contribution in [0, 0.1) is 0 Å². The zero-order valence-electron chi connectivity index (χ0n) is 44.8. The summed E-state index contributed by atoms with van der Waals surface area (Å²) in [7, 11) is 0. The lowest BCUT2D eigenvalue weighted by Gasteiger charge is -2.40. The van der Waals surface area contributed by atoms with Crippen LogP contribution in [0.15, 0.2) is 122 Å². The van der Waals surface area contributed by atoms with E-state index in [0.29, 0.717) is 19.3 Å². The third kappa shape index (κ3) is 38.4. The number of rotatable bonds is 44. The summed E-state index contributed by atoms with van der Waals surface area (Å²) in [5, 5.41) is 31.4. The van der Waals surface area contributed by atoms with Gasteiger partial charge in [-0.1, -0.05) is 219 Å². The van der Waals surface area contributed by atoms with E-state index in [-0.39, 0.29) is 19.3 Å². The maximum Gasteiger partial charge on any atom is 0.335 e. The number of aliphatic hydroxyl groups is 2. The Hall–Kier alpha value is -4.88. The van der Waals surface area contributed by atoms with Crippen molar-refractivity contribution in [3.63, 3.8) is 0 Å². The molecule has 6 unspecified atom stereocenters. The predicted molar refractivity (Wildman–Crippen MR) is 293 cm³/mol. The van der Waals surface area contributed by atoms with Gasteiger partial charge in [0, 0.05) is 6.42 Å². The van der Waals surface area contributed by atoms with Crippen molar-refractivity contribution >= 4 is 23.9 Å². The van der Waals surface area contributed by atoms with Crippen molar-refractivity contribution < 1.29 is 58.2 Å². The minimum absolute atomic E-state index is 0.0377. The monoisotopic (exact) mass is 1020 g/mol. The summed E-state index contributed by atoms with van der Waals surface area (Å²) >= 11 is 0. The number of allylic oxidation sites excluding steroid dienone is 18. The maximum atomic E-state index is 13.0. The molecule has 0 aromatic heterocycles. The van der Waals surface area contributed by atoms with E-state index in [9.17, 15) is 34.5 Å². The molecule has 0 aromatic carbocycles. The molecule has 12 nitrogen and oxygen atoms in total. The largest absolute Gasteiger partial charge is 0.479 e. The number of hydrogen-bond acceptors (Lipinski definition) is 11. The average molecular weight is 1020 g/mol. The Bertz CT molecular complexity index is 1730. The van der Waals surface area contributed by atoms with Crippen LogP contribution in [0.5, 0.6) is 0 Å². The van der Waals surface area contributed by atoms with E-state index >= 15 is 0 Å². The quantitative estimate of drug-likeness (QED) is 0.0228. The van der Waals surface area contributed by atoms with Gasteiger partial charge < -0.3 is 39.0 Å². The molecule has 0 aromatic rings. The fourth-order valence-corrected chi connectivity index (χ4v) is 7.46. The fraction of sp³-hybridized carbons (Fsp3) is 0.607. The number of ether oxygens (including phenoxy) is 5. The second-order valence-electron chi connectivity index (χ2n) is 18.1. The van der Waals surface area contributed by atoms with Crippen LogP contribution in [0.1, 0.15) is 188 Å². The lowest BCUT2D eigenvalue weighted by molar-refractivity contribution is -0.301. The highest BCUT2D eigenvalue weighted by Crippen LogP contribution is 2.26. The molecule has 3 N–H and O–H groups in total. The predicted octanol–water partition coefficient (Wildman–Crippen LogP) is 13.7. The topological polar surface area (TPSA) is 175 Å². The molecule has 0 saturated carbocycles. The summed E-state index contributed by atoms with van der Waals surface area (Å²) in [6.45, 7) is 5.56. The van der Waals surface area contributed by atoms with Gasteiger partial charge in [0.25, 0.3) is 0 Å². The minimum Gasteiger partial charge on any atom is -0.479 e. The second kappa shape index (κ2) is 48.1. The average Bonchev–Trinajstić information content (AvgIpc) is 3.37. The fourth-order valence-electron chi connectivity index (χ4n) is 7.46. The molecule has 0 spiro atoms. The van der Waals surface area contributed by atoms with E-state index in [1.807, 2.05) is 36.5 Å². The smallest absolute Gasteiger partial charge is 0.335 e. The van der Waals surface area contributed by atoms with Gasteiger partial charge in [0.05, 0.1) is 19.4 Å². The van der Waals surface area contributed by atoms with Gasteiger partial charge in [-0.2, -0.15) is 0 Å². The van der Waals surface area contributed by atoms with E-state index in [2.05, 4.69) is 93.7 Å². The van der Waals surface area contributed by atoms with Crippen molar-refractivity contribution in [1.29, 1.82) is 0 Å². The number of aliphatic hydroxyl groups excluding tert-OH is 2. The highest BCUT2D eigenvalue weighted by atomic mass is 16.7. The summed E-state index contributed by atoms with van der Waals surface area (Å²) < 4.78 is 28.1.